The summed E-state index contributed by atoms with van der Waals surface area (Å²) >= 11 is 0. The van der Waals surface area contributed by atoms with Gasteiger partial charge in [-0.2, -0.15) is 0 Å². The average molecular weight is 370 g/mol. The van der Waals surface area contributed by atoms with E-state index in [4.69, 9.17) is 9.72 Å². The SMILES string of the molecule is Cc1ccc(C)c(OCCCn2c(-c3ccccc3C)nc3ccccc32)c1. The predicted molar refractivity (Wildman–Crippen MR) is 116 cm³/mol. The lowest BCUT2D eigenvalue weighted by molar-refractivity contribution is 0.301. The highest BCUT2D eigenvalue weighted by molar-refractivity contribution is 5.81. The molecule has 0 saturated carbocycles. The summed E-state index contributed by atoms with van der Waals surface area (Å²) in [4.78, 5) is 4.93. The molecule has 4 rings (SSSR count). The zero-order valence-electron chi connectivity index (χ0n) is 16.8. The smallest absolute Gasteiger partial charge is 0.141 e. The molecule has 0 aliphatic rings. The Bertz CT molecular complexity index is 1110. The van der Waals surface area contributed by atoms with E-state index in [2.05, 4.69) is 86.0 Å². The predicted octanol–water partition coefficient (Wildman–Crippen LogP) is 6.10. The number of hydrogen-bond acceptors (Lipinski definition) is 2. The molecular weight excluding hydrogens is 344 g/mol. The van der Waals surface area contributed by atoms with Crippen LogP contribution < -0.4 is 4.74 Å². The summed E-state index contributed by atoms with van der Waals surface area (Å²) in [7, 11) is 0. The van der Waals surface area contributed by atoms with Gasteiger partial charge in [-0.25, -0.2) is 4.98 Å². The monoisotopic (exact) mass is 370 g/mol. The second kappa shape index (κ2) is 7.89. The van der Waals surface area contributed by atoms with Gasteiger partial charge >= 0.3 is 0 Å². The first-order valence-electron chi connectivity index (χ1n) is 9.85. The van der Waals surface area contributed by atoms with E-state index in [0.717, 1.165) is 30.1 Å². The third-order valence-electron chi connectivity index (χ3n) is 5.17. The first-order valence-corrected chi connectivity index (χ1v) is 9.85. The largest absolute Gasteiger partial charge is 0.493 e. The van der Waals surface area contributed by atoms with Gasteiger partial charge in [0, 0.05) is 12.1 Å². The van der Waals surface area contributed by atoms with Crippen molar-refractivity contribution in [1.29, 1.82) is 0 Å². The van der Waals surface area contributed by atoms with Crippen molar-refractivity contribution in [3.8, 4) is 17.1 Å². The van der Waals surface area contributed by atoms with Crippen molar-refractivity contribution in [2.75, 3.05) is 6.61 Å². The fourth-order valence-electron chi connectivity index (χ4n) is 3.60. The lowest BCUT2D eigenvalue weighted by atomic mass is 10.1. The van der Waals surface area contributed by atoms with Crippen LogP contribution in [0.1, 0.15) is 23.1 Å². The molecule has 0 unspecified atom stereocenters. The van der Waals surface area contributed by atoms with Crippen molar-refractivity contribution in [1.82, 2.24) is 9.55 Å². The standard InChI is InChI=1S/C25H26N2O/c1-18-13-14-20(3)24(17-18)28-16-8-15-27-23-12-7-6-11-22(23)26-25(27)21-10-5-4-9-19(21)2/h4-7,9-14,17H,8,15-16H2,1-3H3. The van der Waals surface area contributed by atoms with E-state index in [1.54, 1.807) is 0 Å². The summed E-state index contributed by atoms with van der Waals surface area (Å²) < 4.78 is 8.39. The molecule has 0 saturated heterocycles. The van der Waals surface area contributed by atoms with Gasteiger partial charge in [-0.3, -0.25) is 0 Å². The molecule has 1 heterocycles. The van der Waals surface area contributed by atoms with E-state index in [0.29, 0.717) is 6.61 Å². The highest BCUT2D eigenvalue weighted by atomic mass is 16.5. The molecule has 0 aliphatic carbocycles. The molecule has 3 heteroatoms. The maximum absolute atomic E-state index is 6.06. The summed E-state index contributed by atoms with van der Waals surface area (Å²) in [5, 5.41) is 0. The quantitative estimate of drug-likeness (QED) is 0.384. The lowest BCUT2D eigenvalue weighted by Gasteiger charge is -2.13. The van der Waals surface area contributed by atoms with Crippen molar-refractivity contribution in [2.45, 2.75) is 33.7 Å². The molecule has 28 heavy (non-hydrogen) atoms. The van der Waals surface area contributed by atoms with Crippen LogP contribution in [0.5, 0.6) is 5.75 Å². The molecule has 0 amide bonds. The minimum Gasteiger partial charge on any atom is -0.493 e. The highest BCUT2D eigenvalue weighted by Crippen LogP contribution is 2.27. The molecule has 0 aliphatic heterocycles. The Kier molecular flexibility index (Phi) is 5.16. The molecule has 0 spiro atoms. The summed E-state index contributed by atoms with van der Waals surface area (Å²) in [6.07, 6.45) is 0.923. The second-order valence-corrected chi connectivity index (χ2v) is 7.36. The van der Waals surface area contributed by atoms with E-state index in [1.807, 2.05) is 6.07 Å². The normalized spacial score (nSPS) is 11.1. The van der Waals surface area contributed by atoms with E-state index < -0.39 is 0 Å². The Morgan fingerprint density at radius 3 is 2.50 bits per heavy atom. The summed E-state index contributed by atoms with van der Waals surface area (Å²) in [5.41, 5.74) is 7.05. The topological polar surface area (TPSA) is 27.1 Å². The molecule has 3 aromatic carbocycles. The van der Waals surface area contributed by atoms with Crippen LogP contribution in [0.3, 0.4) is 0 Å². The van der Waals surface area contributed by atoms with Gasteiger partial charge in [-0.1, -0.05) is 48.5 Å². The molecule has 4 aromatic rings. The Morgan fingerprint density at radius 1 is 0.857 bits per heavy atom. The fourth-order valence-corrected chi connectivity index (χ4v) is 3.60. The minimum atomic E-state index is 0.685. The molecule has 0 bridgehead atoms. The number of benzene rings is 3. The molecule has 142 valence electrons. The van der Waals surface area contributed by atoms with Crippen molar-refractivity contribution in [3.05, 3.63) is 83.4 Å². The molecule has 0 fully saturated rings. The maximum Gasteiger partial charge on any atom is 0.141 e. The summed E-state index contributed by atoms with van der Waals surface area (Å²) in [5.74, 6) is 2.01. The number of aromatic nitrogens is 2. The summed E-state index contributed by atoms with van der Waals surface area (Å²) in [6.45, 7) is 7.88. The van der Waals surface area contributed by atoms with E-state index in [9.17, 15) is 0 Å². The lowest BCUT2D eigenvalue weighted by Crippen LogP contribution is -2.07. The van der Waals surface area contributed by atoms with Crippen LogP contribution >= 0.6 is 0 Å². The van der Waals surface area contributed by atoms with E-state index in [-0.39, 0.29) is 0 Å². The molecule has 0 radical (unpaired) electrons. The summed E-state index contributed by atoms with van der Waals surface area (Å²) in [6, 6.07) is 23.1. The van der Waals surface area contributed by atoms with Crippen molar-refractivity contribution in [3.63, 3.8) is 0 Å². The van der Waals surface area contributed by atoms with Gasteiger partial charge in [0.25, 0.3) is 0 Å². The number of fused-ring (bicyclic) bond motifs is 1. The Hall–Kier alpha value is -3.07. The molecular formula is C25H26N2O. The van der Waals surface area contributed by atoms with Crippen molar-refractivity contribution < 1.29 is 4.74 Å². The van der Waals surface area contributed by atoms with Crippen LogP contribution in [-0.4, -0.2) is 16.2 Å². The van der Waals surface area contributed by atoms with Crippen LogP contribution in [-0.2, 0) is 6.54 Å². The Morgan fingerprint density at radius 2 is 1.64 bits per heavy atom. The first kappa shape index (κ1) is 18.3. The second-order valence-electron chi connectivity index (χ2n) is 7.36. The van der Waals surface area contributed by atoms with Crippen LogP contribution in [0.2, 0.25) is 0 Å². The average Bonchev–Trinajstić information content (AvgIpc) is 3.06. The van der Waals surface area contributed by atoms with Crippen molar-refractivity contribution in [2.24, 2.45) is 0 Å². The van der Waals surface area contributed by atoms with Gasteiger partial charge in [0.2, 0.25) is 0 Å². The molecule has 3 nitrogen and oxygen atoms in total. The van der Waals surface area contributed by atoms with Gasteiger partial charge in [0.05, 0.1) is 17.6 Å². The molecule has 0 atom stereocenters. The Labute approximate surface area is 166 Å². The zero-order valence-corrected chi connectivity index (χ0v) is 16.8. The zero-order chi connectivity index (χ0) is 19.5. The highest BCUT2D eigenvalue weighted by Gasteiger charge is 2.13. The number of aryl methyl sites for hydroxylation is 4. The molecule has 1 aromatic heterocycles. The fraction of sp³-hybridized carbons (Fsp3) is 0.240. The third-order valence-corrected chi connectivity index (χ3v) is 5.17. The molecule has 0 N–H and O–H groups in total. The van der Waals surface area contributed by atoms with E-state index in [1.165, 1.54) is 27.8 Å². The van der Waals surface area contributed by atoms with Gasteiger partial charge in [0.1, 0.15) is 11.6 Å². The van der Waals surface area contributed by atoms with Crippen LogP contribution in [0.4, 0.5) is 0 Å². The van der Waals surface area contributed by atoms with Crippen LogP contribution in [0, 0.1) is 20.8 Å². The number of ether oxygens (including phenoxy) is 1. The van der Waals surface area contributed by atoms with Gasteiger partial charge in [-0.15, -0.1) is 0 Å². The number of nitrogens with zero attached hydrogens (tertiary/aromatic N) is 2. The number of hydrogen-bond donors (Lipinski definition) is 0. The number of para-hydroxylation sites is 2. The third kappa shape index (κ3) is 3.65. The maximum atomic E-state index is 6.06. The van der Waals surface area contributed by atoms with E-state index >= 15 is 0 Å². The first-order chi connectivity index (χ1) is 13.6. The van der Waals surface area contributed by atoms with Gasteiger partial charge < -0.3 is 9.30 Å². The van der Waals surface area contributed by atoms with Crippen LogP contribution in [0.25, 0.3) is 22.4 Å². The Balaban J connectivity index is 1.57. The van der Waals surface area contributed by atoms with Crippen molar-refractivity contribution >= 4 is 11.0 Å². The van der Waals surface area contributed by atoms with Crippen LogP contribution in [0.15, 0.2) is 66.7 Å². The van der Waals surface area contributed by atoms with Gasteiger partial charge in [0.15, 0.2) is 0 Å². The number of rotatable bonds is 6. The van der Waals surface area contributed by atoms with Gasteiger partial charge in [-0.05, 0) is 62.1 Å². The number of imidazole rings is 1. The minimum absolute atomic E-state index is 0.685.